The summed E-state index contributed by atoms with van der Waals surface area (Å²) < 4.78 is 5.64. The molecular weight excluding hydrogens is 525 g/mol. The normalized spacial score (nSPS) is 23.3. The second-order valence-electron chi connectivity index (χ2n) is 9.17. The van der Waals surface area contributed by atoms with Gasteiger partial charge in [-0.3, -0.25) is 4.99 Å². The van der Waals surface area contributed by atoms with E-state index in [0.29, 0.717) is 6.04 Å². The number of nitrogens with one attached hydrogen (secondary N) is 2. The number of piperidine rings is 1. The molecule has 0 saturated carbocycles. The van der Waals surface area contributed by atoms with Crippen molar-refractivity contribution in [2.75, 3.05) is 13.1 Å². The smallest absolute Gasteiger partial charge is 0.410 e. The molecule has 2 aliphatic heterocycles. The highest BCUT2D eigenvalue weighted by Gasteiger charge is 2.45. The molecule has 2 N–H and O–H groups in total. The number of carbonyl (C=O) groups is 1. The molecule has 1 aromatic rings. The zero-order valence-electron chi connectivity index (χ0n) is 19.4. The molecule has 3 heterocycles. The molecule has 7 nitrogen and oxygen atoms in total. The Hall–Kier alpha value is -1.10. The zero-order chi connectivity index (χ0) is 21.7. The van der Waals surface area contributed by atoms with Gasteiger partial charge in [0, 0.05) is 48.7 Å². The van der Waals surface area contributed by atoms with Gasteiger partial charge in [-0.05, 0) is 59.8 Å². The highest BCUT2D eigenvalue weighted by atomic mass is 127. The number of rotatable bonds is 6. The van der Waals surface area contributed by atoms with Gasteiger partial charge in [0.25, 0.3) is 0 Å². The quantitative estimate of drug-likeness (QED) is 0.306. The number of nitrogens with zero attached hydrogens (tertiary/aromatic N) is 3. The zero-order valence-corrected chi connectivity index (χ0v) is 22.6. The number of amides is 1. The Bertz CT molecular complexity index is 735. The summed E-state index contributed by atoms with van der Waals surface area (Å²) in [7, 11) is 0. The van der Waals surface area contributed by atoms with Crippen LogP contribution in [-0.4, -0.2) is 58.8 Å². The average Bonchev–Trinajstić information content (AvgIpc) is 3.23. The predicted molar refractivity (Wildman–Crippen MR) is 138 cm³/mol. The van der Waals surface area contributed by atoms with Crippen LogP contribution in [0.3, 0.4) is 0 Å². The van der Waals surface area contributed by atoms with Crippen LogP contribution in [0.5, 0.6) is 0 Å². The second-order valence-corrected chi connectivity index (χ2v) is 10.4. The number of fused-ring (bicyclic) bond motifs is 2. The maximum atomic E-state index is 12.6. The van der Waals surface area contributed by atoms with Crippen molar-refractivity contribution < 1.29 is 9.53 Å². The fourth-order valence-corrected chi connectivity index (χ4v) is 5.16. The average molecular weight is 564 g/mol. The van der Waals surface area contributed by atoms with Crippen LogP contribution in [0, 0.1) is 0 Å². The van der Waals surface area contributed by atoms with Crippen molar-refractivity contribution >= 4 is 47.4 Å². The van der Waals surface area contributed by atoms with Crippen LogP contribution in [0.15, 0.2) is 11.2 Å². The molecular formula is C22H38IN5O2S. The van der Waals surface area contributed by atoms with Crippen LogP contribution in [0.1, 0.15) is 70.2 Å². The van der Waals surface area contributed by atoms with E-state index in [1.807, 2.05) is 31.9 Å². The number of ether oxygens (including phenoxy) is 1. The van der Waals surface area contributed by atoms with E-state index in [0.717, 1.165) is 62.6 Å². The molecule has 0 aliphatic carbocycles. The van der Waals surface area contributed by atoms with E-state index in [1.54, 1.807) is 11.3 Å². The lowest BCUT2D eigenvalue weighted by Crippen LogP contribution is -2.55. The maximum Gasteiger partial charge on any atom is 0.410 e. The topological polar surface area (TPSA) is 78.9 Å². The highest BCUT2D eigenvalue weighted by Crippen LogP contribution is 2.36. The molecule has 0 spiro atoms. The molecule has 2 saturated heterocycles. The van der Waals surface area contributed by atoms with Crippen molar-refractivity contribution in [3.63, 3.8) is 0 Å². The summed E-state index contributed by atoms with van der Waals surface area (Å²) in [5, 5.41) is 8.12. The monoisotopic (exact) mass is 563 g/mol. The molecule has 1 aromatic heterocycles. The van der Waals surface area contributed by atoms with Crippen LogP contribution in [0.2, 0.25) is 0 Å². The fraction of sp³-hybridized carbons (Fsp3) is 0.773. The van der Waals surface area contributed by atoms with E-state index in [-0.39, 0.29) is 42.2 Å². The van der Waals surface area contributed by atoms with Gasteiger partial charge in [0.2, 0.25) is 0 Å². The van der Waals surface area contributed by atoms with Gasteiger partial charge in [-0.2, -0.15) is 0 Å². The Kier molecular flexibility index (Phi) is 9.85. The molecule has 176 valence electrons. The Morgan fingerprint density at radius 2 is 1.97 bits per heavy atom. The lowest BCUT2D eigenvalue weighted by molar-refractivity contribution is 0.00545. The van der Waals surface area contributed by atoms with Crippen molar-refractivity contribution in [1.29, 1.82) is 0 Å². The van der Waals surface area contributed by atoms with Crippen molar-refractivity contribution in [1.82, 2.24) is 20.5 Å². The highest BCUT2D eigenvalue weighted by molar-refractivity contribution is 14.0. The van der Waals surface area contributed by atoms with Crippen molar-refractivity contribution in [3.8, 4) is 0 Å². The van der Waals surface area contributed by atoms with Crippen LogP contribution < -0.4 is 10.6 Å². The number of guanidine groups is 1. The third-order valence-corrected chi connectivity index (χ3v) is 6.77. The van der Waals surface area contributed by atoms with Gasteiger partial charge >= 0.3 is 6.09 Å². The molecule has 9 heteroatoms. The number of hydrogen-bond donors (Lipinski definition) is 2. The van der Waals surface area contributed by atoms with Gasteiger partial charge in [0.15, 0.2) is 5.96 Å². The number of hydrogen-bond acceptors (Lipinski definition) is 5. The molecule has 2 bridgehead atoms. The molecule has 31 heavy (non-hydrogen) atoms. The third-order valence-electron chi connectivity index (χ3n) is 5.57. The van der Waals surface area contributed by atoms with E-state index in [4.69, 9.17) is 9.73 Å². The minimum Gasteiger partial charge on any atom is -0.444 e. The van der Waals surface area contributed by atoms with Crippen LogP contribution in [0.25, 0.3) is 0 Å². The molecule has 2 fully saturated rings. The van der Waals surface area contributed by atoms with Gasteiger partial charge in [-0.15, -0.1) is 35.3 Å². The molecule has 3 rings (SSSR count). The summed E-state index contributed by atoms with van der Waals surface area (Å²) in [4.78, 5) is 25.2. The second kappa shape index (κ2) is 11.7. The maximum absolute atomic E-state index is 12.6. The van der Waals surface area contributed by atoms with Crippen molar-refractivity contribution in [2.45, 2.75) is 96.9 Å². The number of carbonyl (C=O) groups excluding carboxylic acids is 1. The van der Waals surface area contributed by atoms with Gasteiger partial charge in [-0.25, -0.2) is 9.78 Å². The van der Waals surface area contributed by atoms with Gasteiger partial charge in [-0.1, -0.05) is 6.92 Å². The summed E-state index contributed by atoms with van der Waals surface area (Å²) in [5.74, 6) is 0.861. The Morgan fingerprint density at radius 1 is 1.29 bits per heavy atom. The van der Waals surface area contributed by atoms with Gasteiger partial charge in [0.1, 0.15) is 5.60 Å². The molecule has 0 aromatic carbocycles. The summed E-state index contributed by atoms with van der Waals surface area (Å²) in [6, 6.07) is 0.828. The first kappa shape index (κ1) is 26.2. The summed E-state index contributed by atoms with van der Waals surface area (Å²) >= 11 is 1.78. The minimum atomic E-state index is -0.453. The molecule has 0 radical (unpaired) electrons. The predicted octanol–water partition coefficient (Wildman–Crippen LogP) is 4.35. The largest absolute Gasteiger partial charge is 0.444 e. The van der Waals surface area contributed by atoms with E-state index >= 15 is 0 Å². The first-order valence-electron chi connectivity index (χ1n) is 11.3. The summed E-state index contributed by atoms with van der Waals surface area (Å²) in [5.41, 5.74) is -0.453. The van der Waals surface area contributed by atoms with Crippen LogP contribution in [-0.2, 0) is 17.6 Å². The van der Waals surface area contributed by atoms with Crippen molar-refractivity contribution in [2.24, 2.45) is 4.99 Å². The number of halogens is 1. The third kappa shape index (κ3) is 7.47. The molecule has 2 unspecified atom stereocenters. The van der Waals surface area contributed by atoms with E-state index < -0.39 is 5.60 Å². The number of thiazole rings is 1. The standard InChI is InChI=1S/C22H37N5O2S.HI/c1-6-18-14-25-19(30-18)10-11-24-20(23-7-2)26-15-12-16-8-9-17(13-15)27(16)21(28)29-22(3,4)5;/h14-17H,6-13H2,1-5H3,(H2,23,24,26);1H. The van der Waals surface area contributed by atoms with E-state index in [2.05, 4.69) is 29.5 Å². The van der Waals surface area contributed by atoms with Crippen molar-refractivity contribution in [3.05, 3.63) is 16.1 Å². The van der Waals surface area contributed by atoms with Crippen LogP contribution in [0.4, 0.5) is 4.79 Å². The SMILES string of the molecule is CCNC(=NCCc1ncc(CC)s1)NC1CC2CCC(C1)N2C(=O)OC(C)(C)C.I. The van der Waals surface area contributed by atoms with Gasteiger partial charge in [0.05, 0.1) is 5.01 Å². The lowest BCUT2D eigenvalue weighted by atomic mass is 9.98. The first-order chi connectivity index (χ1) is 14.3. The summed E-state index contributed by atoms with van der Waals surface area (Å²) in [6.45, 7) is 11.6. The molecule has 2 atom stereocenters. The first-order valence-corrected chi connectivity index (χ1v) is 12.1. The number of aromatic nitrogens is 1. The number of aliphatic imine (C=N–C) groups is 1. The Morgan fingerprint density at radius 3 is 2.52 bits per heavy atom. The minimum absolute atomic E-state index is 0. The Labute approximate surface area is 207 Å². The Balaban J connectivity index is 0.00000341. The lowest BCUT2D eigenvalue weighted by Gasteiger charge is -2.40. The molecule has 1 amide bonds. The fourth-order valence-electron chi connectivity index (χ4n) is 4.31. The summed E-state index contributed by atoms with van der Waals surface area (Å²) in [6.07, 6.45) is 7.70. The van der Waals surface area contributed by atoms with Gasteiger partial charge < -0.3 is 20.3 Å². The van der Waals surface area contributed by atoms with E-state index in [9.17, 15) is 4.79 Å². The van der Waals surface area contributed by atoms with E-state index in [1.165, 1.54) is 4.88 Å². The van der Waals surface area contributed by atoms with Crippen LogP contribution >= 0.6 is 35.3 Å². The molecule has 2 aliphatic rings. The number of aryl methyl sites for hydroxylation is 1.